The van der Waals surface area contributed by atoms with E-state index in [0.29, 0.717) is 12.6 Å². The van der Waals surface area contributed by atoms with Gasteiger partial charge in [0.1, 0.15) is 0 Å². The molecule has 0 spiro atoms. The van der Waals surface area contributed by atoms with E-state index in [1.54, 1.807) is 4.90 Å². The van der Waals surface area contributed by atoms with E-state index >= 15 is 0 Å². The Labute approximate surface area is 111 Å². The van der Waals surface area contributed by atoms with E-state index < -0.39 is 0 Å². The molecule has 0 atom stereocenters. The predicted octanol–water partition coefficient (Wildman–Crippen LogP) is 0.457. The Hall–Kier alpha value is -1.85. The summed E-state index contributed by atoms with van der Waals surface area (Å²) in [5.74, 6) is -0.148. The van der Waals surface area contributed by atoms with Crippen molar-refractivity contribution in [3.8, 4) is 0 Å². The zero-order valence-corrected chi connectivity index (χ0v) is 10.8. The highest BCUT2D eigenvalue weighted by molar-refractivity contribution is 5.92. The molecule has 6 heteroatoms. The molecule has 2 fully saturated rings. The second kappa shape index (κ2) is 5.03. The van der Waals surface area contributed by atoms with E-state index in [0.717, 1.165) is 5.69 Å². The largest absolute Gasteiger partial charge is 0.345 e. The summed E-state index contributed by atoms with van der Waals surface area (Å²) in [6.45, 7) is 0.656. The van der Waals surface area contributed by atoms with Gasteiger partial charge in [-0.05, 0) is 18.9 Å². The number of hydrogen-bond acceptors (Lipinski definition) is 3. The normalized spacial score (nSPS) is 20.9. The van der Waals surface area contributed by atoms with Gasteiger partial charge in [-0.25, -0.2) is 0 Å². The summed E-state index contributed by atoms with van der Waals surface area (Å²) < 4.78 is 2.01. The van der Waals surface area contributed by atoms with E-state index in [2.05, 4.69) is 10.4 Å². The minimum Gasteiger partial charge on any atom is -0.345 e. The number of amides is 2. The molecule has 102 valence electrons. The first-order chi connectivity index (χ1) is 9.22. The summed E-state index contributed by atoms with van der Waals surface area (Å²) in [7, 11) is 0. The van der Waals surface area contributed by atoms with Crippen molar-refractivity contribution in [2.24, 2.45) is 0 Å². The Balaban J connectivity index is 1.66. The Bertz CT molecular complexity index is 491. The van der Waals surface area contributed by atoms with Crippen molar-refractivity contribution in [3.05, 3.63) is 18.0 Å². The van der Waals surface area contributed by atoms with Gasteiger partial charge in [-0.3, -0.25) is 14.3 Å². The van der Waals surface area contributed by atoms with Gasteiger partial charge in [0, 0.05) is 6.20 Å². The molecule has 0 radical (unpaired) electrons. The average Bonchev–Trinajstić information content (AvgIpc) is 3.04. The van der Waals surface area contributed by atoms with Gasteiger partial charge in [0.25, 0.3) is 0 Å². The summed E-state index contributed by atoms with van der Waals surface area (Å²) in [5.41, 5.74) is 0.856. The maximum Gasteiger partial charge on any atom is 0.242 e. The highest BCUT2D eigenvalue weighted by atomic mass is 16.2. The lowest BCUT2D eigenvalue weighted by Gasteiger charge is -2.25. The molecule has 6 nitrogen and oxygen atoms in total. The van der Waals surface area contributed by atoms with Crippen molar-refractivity contribution >= 4 is 11.8 Å². The first kappa shape index (κ1) is 12.2. The van der Waals surface area contributed by atoms with Crippen LogP contribution in [0.3, 0.4) is 0 Å². The maximum atomic E-state index is 11.7. The SMILES string of the molecule is O=C1CN(Cc2ccn(C3CCCC3)n2)C(=O)CN1. The summed E-state index contributed by atoms with van der Waals surface area (Å²) >= 11 is 0. The first-order valence-electron chi connectivity index (χ1n) is 6.81. The van der Waals surface area contributed by atoms with Crippen LogP contribution in [0.15, 0.2) is 12.3 Å². The molecule has 2 heterocycles. The molecule has 1 aliphatic carbocycles. The number of nitrogens with zero attached hydrogens (tertiary/aromatic N) is 3. The Morgan fingerprint density at radius 3 is 2.89 bits per heavy atom. The molecular formula is C13H18N4O2. The minimum atomic E-state index is -0.102. The number of aromatic nitrogens is 2. The molecule has 2 aliphatic rings. The van der Waals surface area contributed by atoms with Crippen LogP contribution in [0.4, 0.5) is 0 Å². The fourth-order valence-corrected chi connectivity index (χ4v) is 2.78. The third-order valence-corrected chi connectivity index (χ3v) is 3.84. The number of carbonyl (C=O) groups is 2. The van der Waals surface area contributed by atoms with Crippen molar-refractivity contribution in [1.82, 2.24) is 20.0 Å². The van der Waals surface area contributed by atoms with Gasteiger partial charge >= 0.3 is 0 Å². The van der Waals surface area contributed by atoms with Gasteiger partial charge in [0.15, 0.2) is 0 Å². The van der Waals surface area contributed by atoms with E-state index in [1.165, 1.54) is 25.7 Å². The Morgan fingerprint density at radius 1 is 1.32 bits per heavy atom. The van der Waals surface area contributed by atoms with Crippen LogP contribution in [0.1, 0.15) is 37.4 Å². The van der Waals surface area contributed by atoms with Crippen molar-refractivity contribution in [2.45, 2.75) is 38.3 Å². The zero-order valence-electron chi connectivity index (χ0n) is 10.8. The highest BCUT2D eigenvalue weighted by Crippen LogP contribution is 2.28. The van der Waals surface area contributed by atoms with Gasteiger partial charge in [-0.2, -0.15) is 5.10 Å². The van der Waals surface area contributed by atoms with E-state index in [4.69, 9.17) is 0 Å². The lowest BCUT2D eigenvalue weighted by atomic mass is 10.3. The van der Waals surface area contributed by atoms with E-state index in [-0.39, 0.29) is 24.9 Å². The number of carbonyl (C=O) groups excluding carboxylic acids is 2. The monoisotopic (exact) mass is 262 g/mol. The van der Waals surface area contributed by atoms with E-state index in [1.807, 2.05) is 16.9 Å². The lowest BCUT2D eigenvalue weighted by Crippen LogP contribution is -2.51. The van der Waals surface area contributed by atoms with Crippen LogP contribution in [-0.4, -0.2) is 39.6 Å². The molecule has 3 rings (SSSR count). The van der Waals surface area contributed by atoms with Crippen molar-refractivity contribution in [2.75, 3.05) is 13.1 Å². The molecule has 2 amide bonds. The number of hydrogen-bond donors (Lipinski definition) is 1. The quantitative estimate of drug-likeness (QED) is 0.860. The molecular weight excluding hydrogens is 244 g/mol. The summed E-state index contributed by atoms with van der Waals surface area (Å²) in [6, 6.07) is 2.45. The van der Waals surface area contributed by atoms with Crippen LogP contribution < -0.4 is 5.32 Å². The van der Waals surface area contributed by atoms with Gasteiger partial charge in [-0.1, -0.05) is 12.8 Å². The maximum absolute atomic E-state index is 11.7. The standard InChI is InChI=1S/C13H18N4O2/c18-12-9-16(13(19)7-14-12)8-10-5-6-17(15-10)11-3-1-2-4-11/h5-6,11H,1-4,7-9H2,(H,14,18). The van der Waals surface area contributed by atoms with Crippen molar-refractivity contribution in [1.29, 1.82) is 0 Å². The summed E-state index contributed by atoms with van der Waals surface area (Å²) in [6.07, 6.45) is 6.90. The fraction of sp³-hybridized carbons (Fsp3) is 0.615. The predicted molar refractivity (Wildman–Crippen MR) is 68.2 cm³/mol. The summed E-state index contributed by atoms with van der Waals surface area (Å²) in [4.78, 5) is 24.5. The zero-order chi connectivity index (χ0) is 13.2. The smallest absolute Gasteiger partial charge is 0.242 e. The second-order valence-corrected chi connectivity index (χ2v) is 5.25. The van der Waals surface area contributed by atoms with Crippen LogP contribution in [0.5, 0.6) is 0 Å². The molecule has 1 aliphatic heterocycles. The fourth-order valence-electron chi connectivity index (χ4n) is 2.78. The topological polar surface area (TPSA) is 67.2 Å². The van der Waals surface area contributed by atoms with Gasteiger partial charge in [0.2, 0.25) is 11.8 Å². The highest BCUT2D eigenvalue weighted by Gasteiger charge is 2.24. The van der Waals surface area contributed by atoms with Crippen LogP contribution in [0.2, 0.25) is 0 Å². The third kappa shape index (κ3) is 2.62. The van der Waals surface area contributed by atoms with Gasteiger partial charge in [0.05, 0.1) is 31.4 Å². The van der Waals surface area contributed by atoms with E-state index in [9.17, 15) is 9.59 Å². The first-order valence-corrected chi connectivity index (χ1v) is 6.81. The average molecular weight is 262 g/mol. The van der Waals surface area contributed by atoms with Crippen molar-refractivity contribution < 1.29 is 9.59 Å². The molecule has 1 aromatic rings. The molecule has 1 saturated carbocycles. The lowest BCUT2D eigenvalue weighted by molar-refractivity contribution is -0.141. The van der Waals surface area contributed by atoms with Crippen LogP contribution in [0.25, 0.3) is 0 Å². The molecule has 0 aromatic carbocycles. The minimum absolute atomic E-state index is 0.0463. The molecule has 1 N–H and O–H groups in total. The number of rotatable bonds is 3. The van der Waals surface area contributed by atoms with Gasteiger partial charge < -0.3 is 10.2 Å². The molecule has 1 aromatic heterocycles. The molecule has 1 saturated heterocycles. The number of piperazine rings is 1. The number of nitrogens with one attached hydrogen (secondary N) is 1. The van der Waals surface area contributed by atoms with Gasteiger partial charge in [-0.15, -0.1) is 0 Å². The Kier molecular flexibility index (Phi) is 3.23. The molecule has 0 bridgehead atoms. The van der Waals surface area contributed by atoms with Crippen LogP contribution in [0, 0.1) is 0 Å². The van der Waals surface area contributed by atoms with Crippen molar-refractivity contribution in [3.63, 3.8) is 0 Å². The van der Waals surface area contributed by atoms with Crippen LogP contribution in [-0.2, 0) is 16.1 Å². The molecule has 0 unspecified atom stereocenters. The molecule has 19 heavy (non-hydrogen) atoms. The summed E-state index contributed by atoms with van der Waals surface area (Å²) in [5, 5.41) is 7.08. The van der Waals surface area contributed by atoms with Crippen LogP contribution >= 0.6 is 0 Å². The Morgan fingerprint density at radius 2 is 2.11 bits per heavy atom. The third-order valence-electron chi connectivity index (χ3n) is 3.84. The second-order valence-electron chi connectivity index (χ2n) is 5.25.